The third-order valence-corrected chi connectivity index (χ3v) is 4.62. The van der Waals surface area contributed by atoms with Crippen molar-refractivity contribution in [3.05, 3.63) is 85.8 Å². The first-order valence-electron chi connectivity index (χ1n) is 7.52. The molecule has 0 saturated carbocycles. The summed E-state index contributed by atoms with van der Waals surface area (Å²) in [6, 6.07) is 11.8. The van der Waals surface area contributed by atoms with Crippen molar-refractivity contribution >= 4 is 52.1 Å². The number of carbonyl (C=O) groups excluding carboxylic acids is 1. The van der Waals surface area contributed by atoms with Gasteiger partial charge in [-0.2, -0.15) is 0 Å². The maximum Gasteiger partial charge on any atom is 0.363 e. The third kappa shape index (κ3) is 2.81. The highest BCUT2D eigenvalue weighted by Crippen LogP contribution is 2.29. The summed E-state index contributed by atoms with van der Waals surface area (Å²) in [5, 5.41) is 0.956. The molecule has 26 heavy (non-hydrogen) atoms. The number of carbonyl (C=O) groups is 1. The van der Waals surface area contributed by atoms with Gasteiger partial charge in [0.15, 0.2) is 11.1 Å². The van der Waals surface area contributed by atoms with Gasteiger partial charge in [0.2, 0.25) is 5.90 Å². The Balaban J connectivity index is 1.80. The number of aliphatic imine (C=N–C) groups is 1. The van der Waals surface area contributed by atoms with Crippen LogP contribution in [0.25, 0.3) is 17.0 Å². The van der Waals surface area contributed by atoms with Crippen molar-refractivity contribution in [2.45, 2.75) is 0 Å². The Morgan fingerprint density at radius 3 is 2.65 bits per heavy atom. The minimum Gasteiger partial charge on any atom is -0.463 e. The summed E-state index contributed by atoms with van der Waals surface area (Å²) < 4.78 is 10.6. The molecule has 2 heterocycles. The van der Waals surface area contributed by atoms with E-state index >= 15 is 0 Å². The maximum atomic E-state index is 12.5. The number of ether oxygens (including phenoxy) is 1. The number of benzene rings is 2. The van der Waals surface area contributed by atoms with Gasteiger partial charge in [0.05, 0.1) is 26.6 Å². The van der Waals surface area contributed by atoms with Crippen molar-refractivity contribution < 1.29 is 13.9 Å². The fourth-order valence-corrected chi connectivity index (χ4v) is 2.91. The highest BCUT2D eigenvalue weighted by atomic mass is 35.5. The molecule has 5 nitrogen and oxygen atoms in total. The zero-order valence-corrected chi connectivity index (χ0v) is 14.5. The van der Waals surface area contributed by atoms with Crippen LogP contribution in [-0.4, -0.2) is 11.9 Å². The van der Waals surface area contributed by atoms with Gasteiger partial charge in [0.25, 0.3) is 0 Å². The molecule has 0 radical (unpaired) electrons. The molecule has 0 spiro atoms. The Morgan fingerprint density at radius 2 is 1.81 bits per heavy atom. The first-order valence-corrected chi connectivity index (χ1v) is 8.27. The first kappa shape index (κ1) is 16.6. The molecule has 2 aromatic carbocycles. The zero-order valence-electron chi connectivity index (χ0n) is 13.0. The van der Waals surface area contributed by atoms with E-state index in [1.54, 1.807) is 42.5 Å². The normalized spacial score (nSPS) is 15.4. The number of esters is 1. The lowest BCUT2D eigenvalue weighted by Gasteiger charge is -2.03. The number of halogens is 2. The Hall–Kier alpha value is -2.89. The van der Waals surface area contributed by atoms with Gasteiger partial charge in [0.1, 0.15) is 11.8 Å². The fraction of sp³-hybridized carbons (Fsp3) is 0. The van der Waals surface area contributed by atoms with Crippen LogP contribution in [0.3, 0.4) is 0 Å². The lowest BCUT2D eigenvalue weighted by molar-refractivity contribution is -0.129. The summed E-state index contributed by atoms with van der Waals surface area (Å²) >= 11 is 12.1. The molecule has 0 fully saturated rings. The van der Waals surface area contributed by atoms with Crippen LogP contribution in [0.1, 0.15) is 11.1 Å². The number of fused-ring (bicyclic) bond motifs is 1. The van der Waals surface area contributed by atoms with Gasteiger partial charge in [-0.05, 0) is 30.3 Å². The van der Waals surface area contributed by atoms with E-state index in [1.165, 1.54) is 12.3 Å². The molecule has 1 aliphatic rings. The van der Waals surface area contributed by atoms with Crippen LogP contribution in [0.5, 0.6) is 0 Å². The van der Waals surface area contributed by atoms with E-state index < -0.39 is 5.97 Å². The van der Waals surface area contributed by atoms with Gasteiger partial charge in [-0.15, -0.1) is 0 Å². The van der Waals surface area contributed by atoms with Crippen LogP contribution < -0.4 is 5.43 Å². The molecular formula is C19H9Cl2NO4. The summed E-state index contributed by atoms with van der Waals surface area (Å²) in [6.45, 7) is 0. The average molecular weight is 386 g/mol. The van der Waals surface area contributed by atoms with Crippen molar-refractivity contribution in [1.82, 2.24) is 0 Å². The highest BCUT2D eigenvalue weighted by molar-refractivity contribution is 6.44. The molecule has 0 saturated heterocycles. The van der Waals surface area contributed by atoms with Gasteiger partial charge in [-0.3, -0.25) is 4.79 Å². The van der Waals surface area contributed by atoms with E-state index in [0.717, 1.165) is 0 Å². The summed E-state index contributed by atoms with van der Waals surface area (Å²) in [5.74, 6) is -0.664. The molecule has 0 aliphatic carbocycles. The number of para-hydroxylation sites is 1. The third-order valence-electron chi connectivity index (χ3n) is 3.80. The zero-order chi connectivity index (χ0) is 18.3. The van der Waals surface area contributed by atoms with E-state index in [4.69, 9.17) is 32.4 Å². The minimum atomic E-state index is -0.691. The van der Waals surface area contributed by atoms with E-state index in [9.17, 15) is 9.59 Å². The summed E-state index contributed by atoms with van der Waals surface area (Å²) in [4.78, 5) is 28.8. The van der Waals surface area contributed by atoms with E-state index in [0.29, 0.717) is 21.6 Å². The lowest BCUT2D eigenvalue weighted by Crippen LogP contribution is -2.07. The summed E-state index contributed by atoms with van der Waals surface area (Å²) in [7, 11) is 0. The van der Waals surface area contributed by atoms with Crippen molar-refractivity contribution in [2.75, 3.05) is 0 Å². The van der Waals surface area contributed by atoms with Gasteiger partial charge >= 0.3 is 5.97 Å². The van der Waals surface area contributed by atoms with Crippen molar-refractivity contribution in [3.63, 3.8) is 0 Å². The van der Waals surface area contributed by atoms with Crippen LogP contribution in [-0.2, 0) is 9.53 Å². The summed E-state index contributed by atoms with van der Waals surface area (Å²) in [5.41, 5.74) is 0.748. The van der Waals surface area contributed by atoms with E-state index in [-0.39, 0.29) is 27.6 Å². The smallest absolute Gasteiger partial charge is 0.363 e. The van der Waals surface area contributed by atoms with Gasteiger partial charge in [0, 0.05) is 0 Å². The predicted octanol–water partition coefficient (Wildman–Crippen LogP) is 4.44. The number of rotatable bonds is 2. The van der Waals surface area contributed by atoms with Crippen LogP contribution in [0.15, 0.2) is 68.6 Å². The second-order valence-electron chi connectivity index (χ2n) is 5.45. The van der Waals surface area contributed by atoms with Crippen molar-refractivity contribution in [3.8, 4) is 0 Å². The molecule has 3 aromatic rings. The fourth-order valence-electron chi connectivity index (χ4n) is 2.53. The molecule has 0 amide bonds. The lowest BCUT2D eigenvalue weighted by atomic mass is 10.1. The molecule has 1 aromatic heterocycles. The predicted molar refractivity (Wildman–Crippen MR) is 99.6 cm³/mol. The SMILES string of the molecule is O=C1OC(c2cccc(Cl)c2Cl)=NC1=Cc1coc2ccccc2c1=O. The minimum absolute atomic E-state index is 0.0268. The highest BCUT2D eigenvalue weighted by Gasteiger charge is 2.26. The average Bonchev–Trinajstić information content (AvgIpc) is 3.00. The Labute approximate surface area is 157 Å². The maximum absolute atomic E-state index is 12.5. The molecule has 7 heteroatoms. The number of hydrogen-bond acceptors (Lipinski definition) is 5. The van der Waals surface area contributed by atoms with Crippen molar-refractivity contribution in [1.29, 1.82) is 0 Å². The second-order valence-corrected chi connectivity index (χ2v) is 6.24. The van der Waals surface area contributed by atoms with Crippen LogP contribution >= 0.6 is 23.2 Å². The molecule has 0 atom stereocenters. The molecule has 0 bridgehead atoms. The molecule has 4 rings (SSSR count). The molecular weight excluding hydrogens is 377 g/mol. The topological polar surface area (TPSA) is 68.9 Å². The van der Waals surface area contributed by atoms with Crippen LogP contribution in [0, 0.1) is 0 Å². The Kier molecular flexibility index (Phi) is 4.11. The second kappa shape index (κ2) is 6.44. The first-order chi connectivity index (χ1) is 12.5. The Bertz CT molecular complexity index is 1180. The molecule has 128 valence electrons. The van der Waals surface area contributed by atoms with E-state index in [2.05, 4.69) is 4.99 Å². The molecule has 0 N–H and O–H groups in total. The number of nitrogens with zero attached hydrogens (tertiary/aromatic N) is 1. The number of hydrogen-bond donors (Lipinski definition) is 0. The van der Waals surface area contributed by atoms with Crippen LogP contribution in [0.2, 0.25) is 10.0 Å². The number of cyclic esters (lactones) is 1. The van der Waals surface area contributed by atoms with Gasteiger partial charge < -0.3 is 9.15 Å². The van der Waals surface area contributed by atoms with Gasteiger partial charge in [-0.1, -0.05) is 41.4 Å². The summed E-state index contributed by atoms with van der Waals surface area (Å²) in [6.07, 6.45) is 2.61. The van der Waals surface area contributed by atoms with Crippen molar-refractivity contribution in [2.24, 2.45) is 4.99 Å². The van der Waals surface area contributed by atoms with Crippen LogP contribution in [0.4, 0.5) is 0 Å². The largest absolute Gasteiger partial charge is 0.463 e. The monoisotopic (exact) mass is 385 g/mol. The standard InChI is InChI=1S/C19H9Cl2NO4/c20-13-6-3-5-12(16(13)21)18-22-14(19(24)26-18)8-10-9-25-15-7-2-1-4-11(15)17(10)23/h1-9H. The Morgan fingerprint density at radius 1 is 1.00 bits per heavy atom. The van der Waals surface area contributed by atoms with E-state index in [1.807, 2.05) is 0 Å². The molecule has 1 aliphatic heterocycles. The quantitative estimate of drug-likeness (QED) is 0.482. The van der Waals surface area contributed by atoms with Gasteiger partial charge in [-0.25, -0.2) is 9.79 Å². The molecule has 0 unspecified atom stereocenters.